The van der Waals surface area contributed by atoms with Gasteiger partial charge in [0.05, 0.1) is 18.8 Å². The van der Waals surface area contributed by atoms with Crippen LogP contribution in [0, 0.1) is 0 Å². The second-order valence-electron chi connectivity index (χ2n) is 9.28. The molecule has 0 aromatic heterocycles. The van der Waals surface area contributed by atoms with Gasteiger partial charge in [-0.1, -0.05) is 72.8 Å². The maximum Gasteiger partial charge on any atom is 0.319 e. The lowest BCUT2D eigenvalue weighted by molar-refractivity contribution is -0.252. The number of hydrogen-bond acceptors (Lipinski definition) is 5. The van der Waals surface area contributed by atoms with Crippen LogP contribution in [0.4, 0.5) is 10.5 Å². The number of nitrogens with zero attached hydrogens (tertiary/aromatic N) is 1. The maximum absolute atomic E-state index is 12.3. The number of benzene rings is 3. The van der Waals surface area contributed by atoms with Crippen molar-refractivity contribution in [2.45, 2.75) is 38.1 Å². The highest BCUT2D eigenvalue weighted by molar-refractivity contribution is 5.89. The van der Waals surface area contributed by atoms with Crippen LogP contribution < -0.4 is 10.6 Å². The molecular weight excluding hydrogens is 466 g/mol. The topological polar surface area (TPSA) is 83.1 Å². The number of urea groups is 1. The van der Waals surface area contributed by atoms with Gasteiger partial charge < -0.3 is 30.1 Å². The predicted molar refractivity (Wildman–Crippen MR) is 145 cm³/mol. The van der Waals surface area contributed by atoms with Gasteiger partial charge in [0.2, 0.25) is 0 Å². The standard InChI is InChI=1S/C30H35N3O4/c1-3-17-33(2)20-27-18-28(24-11-9-23(21-34)10-12-24)37-29(36-27)25-13-15-26(16-14-25)32-30(35)31-19-22-7-5-4-6-8-22/h3-16,27-29,34H,1,17-21H2,2H3,(H2,31,32,35). The van der Waals surface area contributed by atoms with Gasteiger partial charge in [-0.05, 0) is 35.9 Å². The summed E-state index contributed by atoms with van der Waals surface area (Å²) in [5, 5.41) is 15.1. The van der Waals surface area contributed by atoms with Crippen molar-refractivity contribution in [2.75, 3.05) is 25.5 Å². The zero-order chi connectivity index (χ0) is 26.0. The normalized spacial score (nSPS) is 19.4. The number of ether oxygens (including phenoxy) is 2. The molecule has 7 heteroatoms. The van der Waals surface area contributed by atoms with Crippen LogP contribution in [0.1, 0.15) is 41.1 Å². The average molecular weight is 502 g/mol. The smallest absolute Gasteiger partial charge is 0.319 e. The van der Waals surface area contributed by atoms with Gasteiger partial charge in [0.1, 0.15) is 0 Å². The Kier molecular flexibility index (Phi) is 9.46. The SMILES string of the molecule is C=CCN(C)CC1CC(c2ccc(CO)cc2)OC(c2ccc(NC(=O)NCc3ccccc3)cc2)O1. The molecule has 3 atom stereocenters. The zero-order valence-electron chi connectivity index (χ0n) is 21.2. The van der Waals surface area contributed by atoms with Crippen molar-refractivity contribution in [3.8, 4) is 0 Å². The lowest BCUT2D eigenvalue weighted by Crippen LogP contribution is -2.37. The third kappa shape index (κ3) is 7.74. The van der Waals surface area contributed by atoms with Crippen LogP contribution in [0.15, 0.2) is 91.5 Å². The molecule has 0 radical (unpaired) electrons. The van der Waals surface area contributed by atoms with Crippen molar-refractivity contribution < 1.29 is 19.4 Å². The molecule has 3 aromatic carbocycles. The lowest BCUT2D eigenvalue weighted by atomic mass is 9.99. The highest BCUT2D eigenvalue weighted by Crippen LogP contribution is 2.38. The first kappa shape index (κ1) is 26.6. The van der Waals surface area contributed by atoms with E-state index >= 15 is 0 Å². The molecule has 0 saturated carbocycles. The fraction of sp³-hybridized carbons (Fsp3) is 0.300. The number of hydrogen-bond donors (Lipinski definition) is 3. The third-order valence-electron chi connectivity index (χ3n) is 6.31. The Bertz CT molecular complexity index is 1140. The van der Waals surface area contributed by atoms with Crippen molar-refractivity contribution in [3.05, 3.63) is 114 Å². The van der Waals surface area contributed by atoms with Crippen LogP contribution >= 0.6 is 0 Å². The van der Waals surface area contributed by atoms with E-state index < -0.39 is 6.29 Å². The highest BCUT2D eigenvalue weighted by Gasteiger charge is 2.32. The number of anilines is 1. The summed E-state index contributed by atoms with van der Waals surface area (Å²) in [5.74, 6) is 0. The van der Waals surface area contributed by atoms with E-state index in [-0.39, 0.29) is 24.8 Å². The molecule has 0 aliphatic carbocycles. The van der Waals surface area contributed by atoms with E-state index in [1.165, 1.54) is 0 Å². The van der Waals surface area contributed by atoms with Crippen LogP contribution in [0.5, 0.6) is 0 Å². The Morgan fingerprint density at radius 1 is 1.00 bits per heavy atom. The summed E-state index contributed by atoms with van der Waals surface area (Å²) in [4.78, 5) is 14.5. The predicted octanol–water partition coefficient (Wildman–Crippen LogP) is 5.16. The van der Waals surface area contributed by atoms with Gasteiger partial charge in [-0.2, -0.15) is 0 Å². The van der Waals surface area contributed by atoms with Gasteiger partial charge in [0.25, 0.3) is 0 Å². The molecule has 4 rings (SSSR count). The van der Waals surface area contributed by atoms with E-state index in [2.05, 4.69) is 22.1 Å². The molecule has 1 heterocycles. The summed E-state index contributed by atoms with van der Waals surface area (Å²) in [7, 11) is 2.05. The van der Waals surface area contributed by atoms with E-state index in [0.29, 0.717) is 12.2 Å². The number of aliphatic hydroxyl groups excluding tert-OH is 1. The van der Waals surface area contributed by atoms with Gasteiger partial charge in [-0.25, -0.2) is 4.79 Å². The van der Waals surface area contributed by atoms with Crippen LogP contribution in [-0.4, -0.2) is 42.3 Å². The van der Waals surface area contributed by atoms with E-state index in [1.807, 2.05) is 92.0 Å². The fourth-order valence-corrected chi connectivity index (χ4v) is 4.35. The van der Waals surface area contributed by atoms with E-state index in [9.17, 15) is 9.90 Å². The summed E-state index contributed by atoms with van der Waals surface area (Å²) in [5.41, 5.74) is 4.51. The second-order valence-corrected chi connectivity index (χ2v) is 9.28. The molecule has 1 saturated heterocycles. The van der Waals surface area contributed by atoms with Gasteiger partial charge >= 0.3 is 6.03 Å². The molecule has 1 fully saturated rings. The maximum atomic E-state index is 12.3. The molecule has 194 valence electrons. The van der Waals surface area contributed by atoms with E-state index in [4.69, 9.17) is 9.47 Å². The molecule has 1 aliphatic heterocycles. The average Bonchev–Trinajstić information content (AvgIpc) is 2.93. The van der Waals surface area contributed by atoms with Gasteiger partial charge in [-0.15, -0.1) is 6.58 Å². The van der Waals surface area contributed by atoms with Crippen molar-refractivity contribution in [1.29, 1.82) is 0 Å². The fourth-order valence-electron chi connectivity index (χ4n) is 4.35. The highest BCUT2D eigenvalue weighted by atomic mass is 16.7. The largest absolute Gasteiger partial charge is 0.392 e. The monoisotopic (exact) mass is 501 g/mol. The summed E-state index contributed by atoms with van der Waals surface area (Å²) in [6.45, 7) is 5.82. The zero-order valence-corrected chi connectivity index (χ0v) is 21.2. The van der Waals surface area contributed by atoms with Crippen molar-refractivity contribution in [2.24, 2.45) is 0 Å². The number of carbonyl (C=O) groups excluding carboxylic acids is 1. The quantitative estimate of drug-likeness (QED) is 0.334. The minimum Gasteiger partial charge on any atom is -0.392 e. The number of likely N-dealkylation sites (N-methyl/N-ethyl adjacent to an activating group) is 1. The van der Waals surface area contributed by atoms with E-state index in [0.717, 1.165) is 41.8 Å². The van der Waals surface area contributed by atoms with Gasteiger partial charge in [-0.3, -0.25) is 0 Å². The minimum atomic E-state index is -0.542. The Labute approximate surface area is 218 Å². The second kappa shape index (κ2) is 13.2. The molecule has 3 unspecified atom stereocenters. The first-order valence-electron chi connectivity index (χ1n) is 12.5. The summed E-state index contributed by atoms with van der Waals surface area (Å²) in [6, 6.07) is 24.9. The molecule has 7 nitrogen and oxygen atoms in total. The molecule has 1 aliphatic rings. The first-order valence-corrected chi connectivity index (χ1v) is 12.5. The molecule has 3 N–H and O–H groups in total. The van der Waals surface area contributed by atoms with Crippen molar-refractivity contribution >= 4 is 11.7 Å². The number of aliphatic hydroxyl groups is 1. The van der Waals surface area contributed by atoms with Crippen molar-refractivity contribution in [1.82, 2.24) is 10.2 Å². The van der Waals surface area contributed by atoms with Crippen LogP contribution in [0.2, 0.25) is 0 Å². The van der Waals surface area contributed by atoms with E-state index in [1.54, 1.807) is 0 Å². The van der Waals surface area contributed by atoms with Crippen molar-refractivity contribution in [3.63, 3.8) is 0 Å². The first-order chi connectivity index (χ1) is 18.0. The Morgan fingerprint density at radius 3 is 2.38 bits per heavy atom. The molecular formula is C30H35N3O4. The number of rotatable bonds is 10. The van der Waals surface area contributed by atoms with Gasteiger partial charge in [0, 0.05) is 37.3 Å². The third-order valence-corrected chi connectivity index (χ3v) is 6.31. The number of carbonyl (C=O) groups is 1. The van der Waals surface area contributed by atoms with Gasteiger partial charge in [0.15, 0.2) is 6.29 Å². The number of amides is 2. The molecule has 0 bridgehead atoms. The van der Waals surface area contributed by atoms with Crippen LogP contribution in [0.3, 0.4) is 0 Å². The molecule has 0 spiro atoms. The Hall–Kier alpha value is -3.49. The summed E-state index contributed by atoms with van der Waals surface area (Å²) < 4.78 is 12.7. The number of nitrogens with one attached hydrogen (secondary N) is 2. The lowest BCUT2D eigenvalue weighted by Gasteiger charge is -2.37. The summed E-state index contributed by atoms with van der Waals surface area (Å²) in [6.07, 6.45) is 1.88. The molecule has 3 aromatic rings. The minimum absolute atomic E-state index is 0.0111. The molecule has 2 amide bonds. The summed E-state index contributed by atoms with van der Waals surface area (Å²) >= 11 is 0. The van der Waals surface area contributed by atoms with Crippen LogP contribution in [0.25, 0.3) is 0 Å². The Morgan fingerprint density at radius 2 is 1.70 bits per heavy atom. The Balaban J connectivity index is 1.42. The molecule has 37 heavy (non-hydrogen) atoms. The van der Waals surface area contributed by atoms with Crippen LogP contribution in [-0.2, 0) is 22.6 Å².